The highest BCUT2D eigenvalue weighted by Crippen LogP contribution is 2.30. The maximum absolute atomic E-state index is 13.0. The number of aromatic hydroxyl groups is 1. The minimum atomic E-state index is -0.228. The van der Waals surface area contributed by atoms with Crippen LogP contribution in [0.25, 0.3) is 21.9 Å². The van der Waals surface area contributed by atoms with E-state index in [0.717, 1.165) is 33.4 Å². The molecular formula is C25H21N5O2. The van der Waals surface area contributed by atoms with Crippen molar-refractivity contribution >= 4 is 39.2 Å². The number of rotatable bonds is 5. The number of benzene rings is 3. The largest absolute Gasteiger partial charge is 0.508 e. The molecule has 0 saturated carbocycles. The van der Waals surface area contributed by atoms with Crippen molar-refractivity contribution in [1.29, 1.82) is 0 Å². The number of phenols is 1. The Morgan fingerprint density at radius 2 is 1.91 bits per heavy atom. The monoisotopic (exact) mass is 423 g/mol. The zero-order valence-corrected chi connectivity index (χ0v) is 17.4. The van der Waals surface area contributed by atoms with Crippen molar-refractivity contribution in [3.63, 3.8) is 0 Å². The van der Waals surface area contributed by atoms with Crippen LogP contribution < -0.4 is 10.6 Å². The molecule has 0 aliphatic carbocycles. The number of nitrogens with one attached hydrogen (secondary N) is 3. The van der Waals surface area contributed by atoms with Crippen LogP contribution in [-0.4, -0.2) is 26.0 Å². The highest BCUT2D eigenvalue weighted by Gasteiger charge is 2.14. The summed E-state index contributed by atoms with van der Waals surface area (Å²) in [5.74, 6) is 0.644. The maximum atomic E-state index is 13.0. The van der Waals surface area contributed by atoms with Gasteiger partial charge in [-0.25, -0.2) is 4.98 Å². The number of para-hydroxylation sites is 3. The molecular weight excluding hydrogens is 402 g/mol. The Bertz CT molecular complexity index is 1420. The number of pyridine rings is 1. The number of amides is 1. The number of carbonyl (C=O) groups is 1. The fourth-order valence-corrected chi connectivity index (χ4v) is 3.71. The summed E-state index contributed by atoms with van der Waals surface area (Å²) in [4.78, 5) is 25.1. The molecule has 0 spiro atoms. The SMILES string of the molecule is Cc1ccc(O)cc1Nc1ccnc2c(C(=O)NCc3nc4ccccc4[nH]3)cccc12. The van der Waals surface area contributed by atoms with Gasteiger partial charge >= 0.3 is 0 Å². The van der Waals surface area contributed by atoms with E-state index in [2.05, 4.69) is 25.6 Å². The maximum Gasteiger partial charge on any atom is 0.253 e. The molecule has 5 aromatic rings. The third-order valence-corrected chi connectivity index (χ3v) is 5.36. The van der Waals surface area contributed by atoms with E-state index in [0.29, 0.717) is 16.9 Å². The molecule has 0 unspecified atom stereocenters. The van der Waals surface area contributed by atoms with Crippen molar-refractivity contribution in [2.75, 3.05) is 5.32 Å². The lowest BCUT2D eigenvalue weighted by Crippen LogP contribution is -2.23. The molecule has 0 aliphatic rings. The van der Waals surface area contributed by atoms with E-state index >= 15 is 0 Å². The van der Waals surface area contributed by atoms with Gasteiger partial charge in [0.25, 0.3) is 5.91 Å². The number of aromatic amines is 1. The number of anilines is 2. The quantitative estimate of drug-likeness (QED) is 0.325. The van der Waals surface area contributed by atoms with Crippen LogP contribution in [-0.2, 0) is 6.54 Å². The normalized spacial score (nSPS) is 11.0. The minimum absolute atomic E-state index is 0.183. The van der Waals surface area contributed by atoms with E-state index in [1.54, 1.807) is 24.4 Å². The first-order chi connectivity index (χ1) is 15.6. The van der Waals surface area contributed by atoms with E-state index < -0.39 is 0 Å². The van der Waals surface area contributed by atoms with Gasteiger partial charge in [-0.15, -0.1) is 0 Å². The van der Waals surface area contributed by atoms with Gasteiger partial charge in [-0.2, -0.15) is 0 Å². The van der Waals surface area contributed by atoms with Crippen LogP contribution >= 0.6 is 0 Å². The van der Waals surface area contributed by atoms with E-state index in [-0.39, 0.29) is 18.2 Å². The number of phenolic OH excluding ortho intramolecular Hbond substituents is 1. The first kappa shape index (κ1) is 19.6. The lowest BCUT2D eigenvalue weighted by atomic mass is 10.1. The van der Waals surface area contributed by atoms with Crippen LogP contribution in [0, 0.1) is 6.92 Å². The predicted octanol–water partition coefficient (Wildman–Crippen LogP) is 4.80. The van der Waals surface area contributed by atoms with Gasteiger partial charge in [-0.3, -0.25) is 9.78 Å². The molecule has 4 N–H and O–H groups in total. The summed E-state index contributed by atoms with van der Waals surface area (Å²) in [5.41, 5.74) is 5.45. The van der Waals surface area contributed by atoms with Crippen molar-refractivity contribution in [2.24, 2.45) is 0 Å². The Kier molecular flexibility index (Phi) is 4.91. The van der Waals surface area contributed by atoms with Crippen molar-refractivity contribution in [3.05, 3.63) is 89.9 Å². The smallest absolute Gasteiger partial charge is 0.253 e. The van der Waals surface area contributed by atoms with Gasteiger partial charge in [0.15, 0.2) is 0 Å². The number of fused-ring (bicyclic) bond motifs is 2. The van der Waals surface area contributed by atoms with Crippen molar-refractivity contribution < 1.29 is 9.90 Å². The molecule has 5 rings (SSSR count). The van der Waals surface area contributed by atoms with Gasteiger partial charge in [-0.1, -0.05) is 30.3 Å². The molecule has 2 aromatic heterocycles. The Hall–Kier alpha value is -4.39. The predicted molar refractivity (Wildman–Crippen MR) is 125 cm³/mol. The summed E-state index contributed by atoms with van der Waals surface area (Å²) in [5, 5.41) is 16.9. The van der Waals surface area contributed by atoms with E-state index in [1.807, 2.05) is 55.5 Å². The standard InChI is InChI=1S/C25H21N5O2/c1-15-9-10-16(31)13-22(15)28-19-11-12-26-24-17(19)5-4-6-18(24)25(32)27-14-23-29-20-7-2-3-8-21(20)30-23/h2-13,31H,14H2,1H3,(H,26,28)(H,27,32)(H,29,30). The van der Waals surface area contributed by atoms with Crippen LogP contribution in [0.15, 0.2) is 72.9 Å². The second-order valence-corrected chi connectivity index (χ2v) is 7.57. The molecule has 0 saturated heterocycles. The summed E-state index contributed by atoms with van der Waals surface area (Å²) in [6.45, 7) is 2.24. The number of hydrogen-bond acceptors (Lipinski definition) is 5. The zero-order valence-electron chi connectivity index (χ0n) is 17.4. The number of hydrogen-bond donors (Lipinski definition) is 4. The fourth-order valence-electron chi connectivity index (χ4n) is 3.71. The second-order valence-electron chi connectivity index (χ2n) is 7.57. The number of aromatic nitrogens is 3. The zero-order chi connectivity index (χ0) is 22.1. The molecule has 3 aromatic carbocycles. The highest BCUT2D eigenvalue weighted by atomic mass is 16.3. The Balaban J connectivity index is 1.42. The van der Waals surface area contributed by atoms with Gasteiger partial charge < -0.3 is 20.7 Å². The summed E-state index contributed by atoms with van der Waals surface area (Å²) < 4.78 is 0. The van der Waals surface area contributed by atoms with Crippen LogP contribution in [0.5, 0.6) is 5.75 Å². The average molecular weight is 423 g/mol. The summed E-state index contributed by atoms with van der Waals surface area (Å²) in [6.07, 6.45) is 1.67. The van der Waals surface area contributed by atoms with E-state index in [4.69, 9.17) is 0 Å². The molecule has 0 bridgehead atoms. The molecule has 2 heterocycles. The van der Waals surface area contributed by atoms with Gasteiger partial charge in [0, 0.05) is 29.0 Å². The lowest BCUT2D eigenvalue weighted by molar-refractivity contribution is 0.0951. The Morgan fingerprint density at radius 1 is 1.03 bits per heavy atom. The van der Waals surface area contributed by atoms with Gasteiger partial charge in [0.05, 0.1) is 28.7 Å². The van der Waals surface area contributed by atoms with Gasteiger partial charge in [-0.05, 0) is 42.8 Å². The van der Waals surface area contributed by atoms with Gasteiger partial charge in [0.2, 0.25) is 0 Å². The molecule has 7 heteroatoms. The first-order valence-electron chi connectivity index (χ1n) is 10.2. The molecule has 0 aliphatic heterocycles. The molecule has 0 atom stereocenters. The molecule has 0 radical (unpaired) electrons. The van der Waals surface area contributed by atoms with Crippen LogP contribution in [0.4, 0.5) is 11.4 Å². The summed E-state index contributed by atoms with van der Waals surface area (Å²) in [6, 6.07) is 20.3. The number of imidazole rings is 1. The number of H-pyrrole nitrogens is 1. The minimum Gasteiger partial charge on any atom is -0.508 e. The average Bonchev–Trinajstić information content (AvgIpc) is 3.23. The molecule has 7 nitrogen and oxygen atoms in total. The summed E-state index contributed by atoms with van der Waals surface area (Å²) in [7, 11) is 0. The van der Waals surface area contributed by atoms with E-state index in [9.17, 15) is 9.90 Å². The van der Waals surface area contributed by atoms with Gasteiger partial charge in [0.1, 0.15) is 11.6 Å². The second kappa shape index (κ2) is 8.03. The van der Waals surface area contributed by atoms with E-state index in [1.165, 1.54) is 0 Å². The van der Waals surface area contributed by atoms with Crippen LogP contribution in [0.2, 0.25) is 0 Å². The number of nitrogens with zero attached hydrogens (tertiary/aromatic N) is 2. The Labute approximate surface area is 184 Å². The van der Waals surface area contributed by atoms with Crippen LogP contribution in [0.3, 0.4) is 0 Å². The topological polar surface area (TPSA) is 103 Å². The van der Waals surface area contributed by atoms with Crippen molar-refractivity contribution in [2.45, 2.75) is 13.5 Å². The van der Waals surface area contributed by atoms with Crippen molar-refractivity contribution in [3.8, 4) is 5.75 Å². The molecule has 1 amide bonds. The number of carbonyl (C=O) groups excluding carboxylic acids is 1. The lowest BCUT2D eigenvalue weighted by Gasteiger charge is -2.13. The third kappa shape index (κ3) is 3.72. The fraction of sp³-hybridized carbons (Fsp3) is 0.0800. The van der Waals surface area contributed by atoms with Crippen molar-refractivity contribution in [1.82, 2.24) is 20.3 Å². The third-order valence-electron chi connectivity index (χ3n) is 5.36. The highest BCUT2D eigenvalue weighted by molar-refractivity contribution is 6.08. The first-order valence-corrected chi connectivity index (χ1v) is 10.2. The molecule has 158 valence electrons. The number of aryl methyl sites for hydroxylation is 1. The molecule has 32 heavy (non-hydrogen) atoms. The summed E-state index contributed by atoms with van der Waals surface area (Å²) >= 11 is 0. The Morgan fingerprint density at radius 3 is 2.78 bits per heavy atom. The van der Waals surface area contributed by atoms with Crippen LogP contribution in [0.1, 0.15) is 21.7 Å². The molecule has 0 fully saturated rings.